The number of fused-ring (bicyclic) bond motifs is 18. The summed E-state index contributed by atoms with van der Waals surface area (Å²) in [6, 6.07) is 31.3. The summed E-state index contributed by atoms with van der Waals surface area (Å²) in [4.78, 5) is 0. The minimum absolute atomic E-state index is 1.11. The first-order chi connectivity index (χ1) is 47.2. The molecule has 0 aliphatic rings. The number of hydrogen-bond donors (Lipinski definition) is 0. The molecule has 0 N–H and O–H groups in total. The lowest BCUT2D eigenvalue weighted by Gasteiger charge is -2.16. The van der Waals surface area contributed by atoms with Gasteiger partial charge in [0.05, 0.1) is 0 Å². The van der Waals surface area contributed by atoms with Crippen LogP contribution in [0, 0.1) is 0 Å². The first-order valence-electron chi connectivity index (χ1n) is 34.1. The second-order valence-electron chi connectivity index (χ2n) is 25.8. The Kier molecular flexibility index (Phi) is 17.3. The first-order valence-corrected chi connectivity index (χ1v) is 48.8. The monoisotopic (exact) mass is 1580 g/mol. The maximum atomic E-state index is 2.62. The SMILES string of the molecule is CCCCc1c2sc3cc4sc5c(CCCC)c6sc7cc8sc9cc%10sc%11cc%12sc%13c(CCCC)c%14sc%15cc%16sc%17c(CCCC)c%18sc%19cc2sc3cc4sc5cc6sc7c(CCCC)c8sc9cc%10sc%11c(CCCC)c%12sc%13cc%14sc%15cc%16sc%17cc%18sc1%19. The van der Waals surface area contributed by atoms with Gasteiger partial charge in [-0.15, -0.1) is 204 Å². The van der Waals surface area contributed by atoms with Crippen LogP contribution in [-0.4, -0.2) is 0 Å². The summed E-state index contributed by atoms with van der Waals surface area (Å²) in [6.45, 7) is 14.3. The van der Waals surface area contributed by atoms with Gasteiger partial charge in [-0.2, -0.15) is 0 Å². The van der Waals surface area contributed by atoms with Gasteiger partial charge in [-0.3, -0.25) is 0 Å². The fourth-order valence-corrected chi connectivity index (χ4v) is 38.6. The Morgan fingerprint density at radius 1 is 0.146 bits per heavy atom. The van der Waals surface area contributed by atoms with Gasteiger partial charge >= 0.3 is 0 Å². The van der Waals surface area contributed by atoms with Gasteiger partial charge in [0.1, 0.15) is 0 Å². The lowest BCUT2D eigenvalue weighted by Crippen LogP contribution is -1.91. The van der Waals surface area contributed by atoms with E-state index >= 15 is 0 Å². The molecule has 96 heavy (non-hydrogen) atoms. The molecular formula is C78H66S18. The number of unbranched alkanes of at least 4 members (excludes halogenated alkanes) is 6. The van der Waals surface area contributed by atoms with Crippen LogP contribution in [0.5, 0.6) is 0 Å². The van der Waals surface area contributed by atoms with Gasteiger partial charge in [0.25, 0.3) is 0 Å². The minimum atomic E-state index is 1.11. The highest BCUT2D eigenvalue weighted by Gasteiger charge is 2.24. The molecule has 0 saturated heterocycles. The lowest BCUT2D eigenvalue weighted by molar-refractivity contribution is 0.803. The van der Waals surface area contributed by atoms with Gasteiger partial charge < -0.3 is 0 Å². The maximum absolute atomic E-state index is 2.62. The van der Waals surface area contributed by atoms with Crippen molar-refractivity contribution in [3.05, 3.63) is 106 Å². The Balaban J connectivity index is 0.933. The largest absolute Gasteiger partial charge is 0.133 e. The van der Waals surface area contributed by atoms with Crippen LogP contribution in [0.25, 0.3) is 169 Å². The van der Waals surface area contributed by atoms with E-state index in [1.807, 2.05) is 68.0 Å². The standard InChI is InChI=1S/C78H66S18/c1-7-13-19-37-67-55-31-61-73(37)91-62-32-56-68(38(20-14-8-2)74(62)92-61)87-51-29-52-46(26-45(51)80-56)82-58-34-65-77(40(22-16-10-4)70(58)88-52)96-66-36-60-72(42(24-18-12-6)78(66)95-65)90-54-30-53-47(27-48(54)84-60)83-59-35-64-76(41(23-17-11-5)71(59)89-53)94-63-33-57-69(39(21-15-9-3)75(63)93-64)86-50-28-49(85-67)43(79-55)25-44(50)81-57/h25-36H,7-24H2,1-6H3. The van der Waals surface area contributed by atoms with E-state index in [0.717, 1.165) is 38.5 Å². The van der Waals surface area contributed by atoms with Crippen molar-refractivity contribution in [3.8, 4) is 0 Å². The summed E-state index contributed by atoms with van der Waals surface area (Å²) in [5, 5.41) is 0. The van der Waals surface area contributed by atoms with Gasteiger partial charge in [-0.25, -0.2) is 0 Å². The maximum Gasteiger partial charge on any atom is 0.0496 e. The zero-order valence-corrected chi connectivity index (χ0v) is 68.7. The Morgan fingerprint density at radius 3 is 0.385 bits per heavy atom. The molecule has 0 atom stereocenters. The Bertz CT molecular complexity index is 5510. The van der Waals surface area contributed by atoms with Crippen molar-refractivity contribution in [2.75, 3.05) is 0 Å². The van der Waals surface area contributed by atoms with Crippen molar-refractivity contribution in [1.82, 2.24) is 0 Å². The van der Waals surface area contributed by atoms with Crippen molar-refractivity contribution < 1.29 is 0 Å². The van der Waals surface area contributed by atoms with Crippen molar-refractivity contribution in [3.63, 3.8) is 0 Å². The number of benzene rings is 9. The third-order valence-electron chi connectivity index (χ3n) is 19.1. The molecule has 0 saturated carbocycles. The summed E-state index contributed by atoms with van der Waals surface area (Å²) in [6.07, 6.45) is 21.0. The van der Waals surface area contributed by atoms with Gasteiger partial charge in [0.15, 0.2) is 0 Å². The average Bonchev–Trinajstić information content (AvgIpc) is 0.739. The average molecular weight is 1580 g/mol. The van der Waals surface area contributed by atoms with Crippen LogP contribution in [0.15, 0.2) is 72.8 Å². The van der Waals surface area contributed by atoms with E-state index in [1.165, 1.54) is 246 Å². The number of rotatable bonds is 18. The third kappa shape index (κ3) is 10.8. The predicted molar refractivity (Wildman–Crippen MR) is 468 cm³/mol. The van der Waals surface area contributed by atoms with E-state index in [0.29, 0.717) is 0 Å². The van der Waals surface area contributed by atoms with Crippen LogP contribution in [0.2, 0.25) is 0 Å². The van der Waals surface area contributed by atoms with E-state index < -0.39 is 0 Å². The van der Waals surface area contributed by atoms with Crippen LogP contribution in [0.4, 0.5) is 0 Å². The van der Waals surface area contributed by atoms with Crippen molar-refractivity contribution in [2.45, 2.75) is 157 Å². The molecule has 0 aliphatic carbocycles. The molecule has 18 aromatic rings. The van der Waals surface area contributed by atoms with E-state index in [9.17, 15) is 0 Å². The van der Waals surface area contributed by atoms with E-state index in [2.05, 4.69) is 250 Å². The molecule has 0 nitrogen and oxygen atoms in total. The Morgan fingerprint density at radius 2 is 0.250 bits per heavy atom. The summed E-state index contributed by atoms with van der Waals surface area (Å²) in [5.41, 5.74) is 9.48. The number of hydrogen-bond acceptors (Lipinski definition) is 18. The summed E-state index contributed by atoms with van der Waals surface area (Å²) < 4.78 is 52.7. The van der Waals surface area contributed by atoms with Crippen LogP contribution >= 0.6 is 204 Å². The molecule has 0 spiro atoms. The van der Waals surface area contributed by atoms with Gasteiger partial charge in [0.2, 0.25) is 0 Å². The molecule has 0 bridgehead atoms. The molecule has 0 amide bonds. The summed E-state index contributed by atoms with van der Waals surface area (Å²) >= 11 is 37.3. The summed E-state index contributed by atoms with van der Waals surface area (Å²) in [7, 11) is 0. The molecule has 9 aromatic heterocycles. The topological polar surface area (TPSA) is 0 Å². The molecule has 0 aliphatic heterocycles. The molecular weight excluding hydrogens is 1510 g/mol. The normalized spacial score (nSPS) is 12.8. The fraction of sp³-hybridized carbons (Fsp3) is 0.308. The zero-order chi connectivity index (χ0) is 64.2. The summed E-state index contributed by atoms with van der Waals surface area (Å²) in [5.74, 6) is 0. The Labute approximate surface area is 628 Å². The molecule has 9 heterocycles. The molecule has 486 valence electrons. The zero-order valence-electron chi connectivity index (χ0n) is 54.0. The van der Waals surface area contributed by atoms with Crippen molar-refractivity contribution >= 4 is 373 Å². The molecule has 9 aromatic carbocycles. The van der Waals surface area contributed by atoms with E-state index in [-0.39, 0.29) is 0 Å². The van der Waals surface area contributed by atoms with Gasteiger partial charge in [-0.1, -0.05) is 80.1 Å². The van der Waals surface area contributed by atoms with Crippen LogP contribution in [0.3, 0.4) is 0 Å². The van der Waals surface area contributed by atoms with Gasteiger partial charge in [-0.05, 0) is 183 Å². The van der Waals surface area contributed by atoms with Crippen LogP contribution in [0.1, 0.15) is 152 Å². The molecule has 0 fully saturated rings. The highest BCUT2D eigenvalue weighted by atomic mass is 32.2. The highest BCUT2D eigenvalue weighted by molar-refractivity contribution is 7.45. The van der Waals surface area contributed by atoms with Crippen LogP contribution < -0.4 is 0 Å². The molecule has 18 rings (SSSR count). The van der Waals surface area contributed by atoms with Crippen LogP contribution in [-0.2, 0) is 38.5 Å². The van der Waals surface area contributed by atoms with Crippen molar-refractivity contribution in [1.29, 1.82) is 0 Å². The van der Waals surface area contributed by atoms with E-state index in [1.54, 1.807) is 33.4 Å². The predicted octanol–water partition coefficient (Wildman–Crippen LogP) is 35.0. The third-order valence-corrected chi connectivity index (χ3v) is 42.7. The minimum Gasteiger partial charge on any atom is -0.133 e. The smallest absolute Gasteiger partial charge is 0.0496 e. The van der Waals surface area contributed by atoms with Crippen molar-refractivity contribution in [2.24, 2.45) is 0 Å². The second-order valence-corrected chi connectivity index (χ2v) is 44.9. The fourth-order valence-electron chi connectivity index (χ4n) is 14.2. The highest BCUT2D eigenvalue weighted by Crippen LogP contribution is 2.55. The number of aryl methyl sites for hydroxylation is 6. The molecule has 0 radical (unpaired) electrons. The second kappa shape index (κ2) is 26.0. The first kappa shape index (κ1) is 63.8. The van der Waals surface area contributed by atoms with E-state index in [4.69, 9.17) is 0 Å². The van der Waals surface area contributed by atoms with Gasteiger partial charge in [0, 0.05) is 169 Å². The molecule has 0 unspecified atom stereocenters. The molecule has 18 heteroatoms. The Hall–Kier alpha value is -3.06. The quantitative estimate of drug-likeness (QED) is 0.0751. The lowest BCUT2D eigenvalue weighted by atomic mass is 10.1.